The van der Waals surface area contributed by atoms with Gasteiger partial charge in [0.25, 0.3) is 11.8 Å². The largest absolute Gasteiger partial charge is 0.460 e. The van der Waals surface area contributed by atoms with E-state index in [1.54, 1.807) is 22.8 Å². The molecule has 0 aromatic carbocycles. The molecule has 2 amide bonds. The second-order valence-electron chi connectivity index (χ2n) is 6.59. The fraction of sp³-hybridized carbons (Fsp3) is 0.368. The number of hydrogen-bond acceptors (Lipinski definition) is 7. The van der Waals surface area contributed by atoms with E-state index < -0.39 is 0 Å². The van der Waals surface area contributed by atoms with E-state index in [1.807, 2.05) is 19.1 Å². The first-order valence-electron chi connectivity index (χ1n) is 9.34. The Morgan fingerprint density at radius 1 is 1.14 bits per heavy atom. The molecule has 0 atom stereocenters. The zero-order chi connectivity index (χ0) is 20.4. The summed E-state index contributed by atoms with van der Waals surface area (Å²) in [5.74, 6) is 0.970. The molecule has 1 aliphatic heterocycles. The Kier molecular flexibility index (Phi) is 5.07. The molecule has 0 saturated carbocycles. The van der Waals surface area contributed by atoms with Gasteiger partial charge in [-0.3, -0.25) is 14.7 Å². The van der Waals surface area contributed by atoms with Crippen LogP contribution in [0.15, 0.2) is 33.3 Å². The van der Waals surface area contributed by atoms with Crippen molar-refractivity contribution in [3.8, 4) is 17.5 Å². The number of H-pyrrole nitrogens is 1. The fourth-order valence-corrected chi connectivity index (χ4v) is 3.12. The van der Waals surface area contributed by atoms with Gasteiger partial charge in [-0.05, 0) is 26.0 Å². The highest BCUT2D eigenvalue weighted by atomic mass is 16.6. The molecule has 4 heterocycles. The van der Waals surface area contributed by atoms with Crippen molar-refractivity contribution in [1.82, 2.24) is 25.0 Å². The standard InChI is InChI=1S/C19H21N5O5/c1-3-27-19-20-15(11-28-19)18(26)24-8-6-23(7-9-24)17(25)14-10-13(21-22-14)16-5-4-12(2)29-16/h4-5,10-11H,3,6-9H2,1-2H3,(H,21,22). The van der Waals surface area contributed by atoms with E-state index in [-0.39, 0.29) is 23.6 Å². The second kappa shape index (κ2) is 7.82. The van der Waals surface area contributed by atoms with Gasteiger partial charge in [0.1, 0.15) is 17.7 Å². The summed E-state index contributed by atoms with van der Waals surface area (Å²) in [4.78, 5) is 32.6. The predicted molar refractivity (Wildman–Crippen MR) is 101 cm³/mol. The lowest BCUT2D eigenvalue weighted by Gasteiger charge is -2.33. The molecule has 29 heavy (non-hydrogen) atoms. The van der Waals surface area contributed by atoms with E-state index in [1.165, 1.54) is 6.26 Å². The zero-order valence-electron chi connectivity index (χ0n) is 16.2. The average molecular weight is 399 g/mol. The molecule has 1 N–H and O–H groups in total. The smallest absolute Gasteiger partial charge is 0.394 e. The van der Waals surface area contributed by atoms with Crippen molar-refractivity contribution in [2.45, 2.75) is 13.8 Å². The van der Waals surface area contributed by atoms with E-state index in [9.17, 15) is 9.59 Å². The third kappa shape index (κ3) is 3.86. The Balaban J connectivity index is 1.36. The first-order chi connectivity index (χ1) is 14.0. The minimum absolute atomic E-state index is 0.0748. The van der Waals surface area contributed by atoms with Gasteiger partial charge in [0.15, 0.2) is 17.1 Å². The number of rotatable bonds is 5. The summed E-state index contributed by atoms with van der Waals surface area (Å²) in [5.41, 5.74) is 1.15. The normalized spacial score (nSPS) is 14.3. The molecular weight excluding hydrogens is 378 g/mol. The highest BCUT2D eigenvalue weighted by Crippen LogP contribution is 2.21. The average Bonchev–Trinajstić information content (AvgIpc) is 3.48. The molecule has 10 heteroatoms. The minimum Gasteiger partial charge on any atom is -0.460 e. The summed E-state index contributed by atoms with van der Waals surface area (Å²) in [7, 11) is 0. The van der Waals surface area contributed by atoms with Crippen molar-refractivity contribution in [3.63, 3.8) is 0 Å². The molecule has 1 fully saturated rings. The number of hydrogen-bond donors (Lipinski definition) is 1. The number of aromatic amines is 1. The topological polar surface area (TPSA) is 118 Å². The van der Waals surface area contributed by atoms with E-state index in [2.05, 4.69) is 15.2 Å². The first kappa shape index (κ1) is 18.8. The maximum Gasteiger partial charge on any atom is 0.394 e. The lowest BCUT2D eigenvalue weighted by Crippen LogP contribution is -2.50. The highest BCUT2D eigenvalue weighted by molar-refractivity contribution is 5.94. The van der Waals surface area contributed by atoms with Gasteiger partial charge in [-0.2, -0.15) is 10.1 Å². The van der Waals surface area contributed by atoms with Gasteiger partial charge in [0.2, 0.25) is 0 Å². The maximum absolute atomic E-state index is 12.7. The number of piperazine rings is 1. The van der Waals surface area contributed by atoms with Crippen molar-refractivity contribution in [2.24, 2.45) is 0 Å². The van der Waals surface area contributed by atoms with Crippen molar-refractivity contribution < 1.29 is 23.2 Å². The van der Waals surface area contributed by atoms with Crippen molar-refractivity contribution >= 4 is 11.8 Å². The first-order valence-corrected chi connectivity index (χ1v) is 9.34. The number of aryl methyl sites for hydroxylation is 1. The van der Waals surface area contributed by atoms with Crippen LogP contribution in [0.5, 0.6) is 6.08 Å². The summed E-state index contributed by atoms with van der Waals surface area (Å²) >= 11 is 0. The van der Waals surface area contributed by atoms with Crippen LogP contribution >= 0.6 is 0 Å². The van der Waals surface area contributed by atoms with E-state index in [0.717, 1.165) is 5.76 Å². The Labute approximate surface area is 166 Å². The van der Waals surface area contributed by atoms with Crippen LogP contribution in [0.1, 0.15) is 33.7 Å². The van der Waals surface area contributed by atoms with Gasteiger partial charge in [0.05, 0.1) is 6.61 Å². The zero-order valence-corrected chi connectivity index (χ0v) is 16.2. The highest BCUT2D eigenvalue weighted by Gasteiger charge is 2.28. The van der Waals surface area contributed by atoms with Gasteiger partial charge in [-0.15, -0.1) is 0 Å². The molecule has 4 rings (SSSR count). The van der Waals surface area contributed by atoms with Crippen LogP contribution in [0.4, 0.5) is 0 Å². The molecule has 152 valence electrons. The van der Waals surface area contributed by atoms with E-state index in [0.29, 0.717) is 49.9 Å². The number of ether oxygens (including phenoxy) is 1. The van der Waals surface area contributed by atoms with Crippen LogP contribution in [0.2, 0.25) is 0 Å². The summed E-state index contributed by atoms with van der Waals surface area (Å²) in [5, 5.41) is 6.94. The maximum atomic E-state index is 12.7. The summed E-state index contributed by atoms with van der Waals surface area (Å²) in [6.07, 6.45) is 1.36. The minimum atomic E-state index is -0.248. The summed E-state index contributed by atoms with van der Waals surface area (Å²) in [6.45, 7) is 5.67. The molecule has 1 saturated heterocycles. The van der Waals surface area contributed by atoms with Gasteiger partial charge in [0, 0.05) is 32.2 Å². The number of carbonyl (C=O) groups is 2. The fourth-order valence-electron chi connectivity index (χ4n) is 3.12. The van der Waals surface area contributed by atoms with Crippen molar-refractivity contribution in [2.75, 3.05) is 32.8 Å². The van der Waals surface area contributed by atoms with Crippen LogP contribution in [-0.4, -0.2) is 69.6 Å². The van der Waals surface area contributed by atoms with Gasteiger partial charge in [-0.1, -0.05) is 0 Å². The van der Waals surface area contributed by atoms with Crippen LogP contribution in [0, 0.1) is 6.92 Å². The van der Waals surface area contributed by atoms with Crippen molar-refractivity contribution in [1.29, 1.82) is 0 Å². The molecule has 0 radical (unpaired) electrons. The third-order valence-electron chi connectivity index (χ3n) is 4.63. The van der Waals surface area contributed by atoms with Crippen LogP contribution in [0.3, 0.4) is 0 Å². The molecule has 3 aromatic rings. The van der Waals surface area contributed by atoms with Crippen LogP contribution < -0.4 is 4.74 Å². The third-order valence-corrected chi connectivity index (χ3v) is 4.63. The Morgan fingerprint density at radius 3 is 2.45 bits per heavy atom. The van der Waals surface area contributed by atoms with E-state index in [4.69, 9.17) is 13.6 Å². The Bertz CT molecular complexity index is 1010. The molecule has 0 aliphatic carbocycles. The summed E-state index contributed by atoms with van der Waals surface area (Å²) in [6, 6.07) is 5.34. The number of nitrogens with one attached hydrogen (secondary N) is 1. The van der Waals surface area contributed by atoms with Gasteiger partial charge < -0.3 is 23.4 Å². The molecule has 0 unspecified atom stereocenters. The molecule has 3 aromatic heterocycles. The second-order valence-corrected chi connectivity index (χ2v) is 6.59. The van der Waals surface area contributed by atoms with Crippen molar-refractivity contribution in [3.05, 3.63) is 41.6 Å². The number of aromatic nitrogens is 3. The number of carbonyl (C=O) groups excluding carboxylic acids is 2. The lowest BCUT2D eigenvalue weighted by molar-refractivity contribution is 0.0529. The Morgan fingerprint density at radius 2 is 1.83 bits per heavy atom. The molecule has 0 spiro atoms. The Hall–Kier alpha value is -3.56. The van der Waals surface area contributed by atoms with Crippen LogP contribution in [-0.2, 0) is 0 Å². The van der Waals surface area contributed by atoms with Crippen LogP contribution in [0.25, 0.3) is 11.5 Å². The van der Waals surface area contributed by atoms with Gasteiger partial charge >= 0.3 is 6.08 Å². The predicted octanol–water partition coefficient (Wildman–Crippen LogP) is 1.96. The number of furan rings is 1. The molecular formula is C19H21N5O5. The molecule has 0 bridgehead atoms. The number of oxazole rings is 1. The molecule has 10 nitrogen and oxygen atoms in total. The monoisotopic (exact) mass is 399 g/mol. The summed E-state index contributed by atoms with van der Waals surface area (Å²) < 4.78 is 15.8. The van der Waals surface area contributed by atoms with E-state index >= 15 is 0 Å². The quantitative estimate of drug-likeness (QED) is 0.697. The van der Waals surface area contributed by atoms with Gasteiger partial charge in [-0.25, -0.2) is 0 Å². The number of nitrogens with zero attached hydrogens (tertiary/aromatic N) is 4. The lowest BCUT2D eigenvalue weighted by atomic mass is 10.2. The molecule has 1 aliphatic rings. The number of amides is 2. The SMILES string of the molecule is CCOc1nc(C(=O)N2CCN(C(=O)c3cc(-c4ccc(C)o4)[nH]n3)CC2)co1.